The first-order valence-corrected chi connectivity index (χ1v) is 10.6. The molecular weight excluding hydrogens is 390 g/mol. The summed E-state index contributed by atoms with van der Waals surface area (Å²) in [5.74, 6) is -0.346. The molecule has 0 saturated heterocycles. The Bertz CT molecular complexity index is 1250. The van der Waals surface area contributed by atoms with Crippen LogP contribution in [0.2, 0.25) is 0 Å². The van der Waals surface area contributed by atoms with E-state index in [1.807, 2.05) is 30.5 Å². The standard InChI is InChI=1S/C24H27N5O2/c1-6-22-20(23-25-15(3)12-16(4)29(23)27-22)13-18-8-10-19(11-9-18)28-14-21(17(5)26-28)24(30)31-7-2/h8-12,14H,6-7,13H2,1-5H3. The zero-order valence-corrected chi connectivity index (χ0v) is 18.6. The van der Waals surface area contributed by atoms with Crippen molar-refractivity contribution in [1.82, 2.24) is 24.4 Å². The zero-order chi connectivity index (χ0) is 22.1. The molecule has 0 N–H and O–H groups in total. The number of aromatic nitrogens is 5. The molecule has 3 heterocycles. The van der Waals surface area contributed by atoms with E-state index in [1.165, 1.54) is 11.1 Å². The van der Waals surface area contributed by atoms with Gasteiger partial charge >= 0.3 is 5.97 Å². The van der Waals surface area contributed by atoms with Gasteiger partial charge < -0.3 is 4.74 Å². The van der Waals surface area contributed by atoms with E-state index in [1.54, 1.807) is 17.8 Å². The molecule has 7 nitrogen and oxygen atoms in total. The first-order chi connectivity index (χ1) is 14.9. The third kappa shape index (κ3) is 3.95. The Kier molecular flexibility index (Phi) is 5.59. The number of carbonyl (C=O) groups excluding carboxylic acids is 1. The van der Waals surface area contributed by atoms with Crippen LogP contribution in [0, 0.1) is 20.8 Å². The second kappa shape index (κ2) is 8.34. The summed E-state index contributed by atoms with van der Waals surface area (Å²) >= 11 is 0. The Morgan fingerprint density at radius 2 is 1.81 bits per heavy atom. The van der Waals surface area contributed by atoms with Crippen molar-refractivity contribution >= 4 is 11.6 Å². The van der Waals surface area contributed by atoms with Crippen molar-refractivity contribution in [1.29, 1.82) is 0 Å². The highest BCUT2D eigenvalue weighted by molar-refractivity contribution is 5.90. The molecule has 0 aliphatic carbocycles. The fourth-order valence-corrected chi connectivity index (χ4v) is 3.85. The van der Waals surface area contributed by atoms with E-state index in [0.29, 0.717) is 17.9 Å². The highest BCUT2D eigenvalue weighted by atomic mass is 16.5. The predicted octanol–water partition coefficient (Wildman–Crippen LogP) is 4.17. The van der Waals surface area contributed by atoms with Gasteiger partial charge in [0.15, 0.2) is 5.65 Å². The predicted molar refractivity (Wildman–Crippen MR) is 119 cm³/mol. The van der Waals surface area contributed by atoms with Crippen LogP contribution < -0.4 is 0 Å². The third-order valence-electron chi connectivity index (χ3n) is 5.38. The van der Waals surface area contributed by atoms with Crippen molar-refractivity contribution < 1.29 is 9.53 Å². The summed E-state index contributed by atoms with van der Waals surface area (Å²) in [7, 11) is 0. The smallest absolute Gasteiger partial charge is 0.341 e. The van der Waals surface area contributed by atoms with Crippen molar-refractivity contribution in [3.05, 3.63) is 76.0 Å². The quantitative estimate of drug-likeness (QED) is 0.440. The monoisotopic (exact) mass is 417 g/mol. The van der Waals surface area contributed by atoms with Gasteiger partial charge in [-0.1, -0.05) is 19.1 Å². The average molecular weight is 418 g/mol. The van der Waals surface area contributed by atoms with Crippen molar-refractivity contribution in [2.45, 2.75) is 47.5 Å². The van der Waals surface area contributed by atoms with Gasteiger partial charge in [-0.05, 0) is 57.9 Å². The number of rotatable bonds is 6. The Morgan fingerprint density at radius 1 is 1.06 bits per heavy atom. The zero-order valence-electron chi connectivity index (χ0n) is 18.6. The fraction of sp³-hybridized carbons (Fsp3) is 0.333. The first kappa shape index (κ1) is 20.8. The van der Waals surface area contributed by atoms with Crippen LogP contribution in [-0.4, -0.2) is 37.0 Å². The van der Waals surface area contributed by atoms with Crippen molar-refractivity contribution in [3.8, 4) is 5.69 Å². The summed E-state index contributed by atoms with van der Waals surface area (Å²) < 4.78 is 8.76. The van der Waals surface area contributed by atoms with Crippen molar-refractivity contribution in [3.63, 3.8) is 0 Å². The molecule has 0 saturated carbocycles. The Hall–Kier alpha value is -3.48. The highest BCUT2D eigenvalue weighted by Gasteiger charge is 2.17. The third-order valence-corrected chi connectivity index (χ3v) is 5.38. The lowest BCUT2D eigenvalue weighted by Gasteiger charge is -2.06. The maximum absolute atomic E-state index is 12.1. The maximum Gasteiger partial charge on any atom is 0.341 e. The first-order valence-electron chi connectivity index (χ1n) is 10.6. The molecular formula is C24H27N5O2. The van der Waals surface area contributed by atoms with E-state index in [0.717, 1.165) is 41.3 Å². The number of ether oxygens (including phenoxy) is 1. The lowest BCUT2D eigenvalue weighted by molar-refractivity contribution is 0.0525. The minimum absolute atomic E-state index is 0.343. The number of fused-ring (bicyclic) bond motifs is 1. The van der Waals surface area contributed by atoms with Gasteiger partial charge in [0.2, 0.25) is 0 Å². The Labute approximate surface area is 181 Å². The molecule has 0 spiro atoms. The average Bonchev–Trinajstić information content (AvgIpc) is 3.30. The van der Waals surface area contributed by atoms with Crippen LogP contribution in [0.25, 0.3) is 11.3 Å². The van der Waals surface area contributed by atoms with Crippen LogP contribution in [0.5, 0.6) is 0 Å². The van der Waals surface area contributed by atoms with Gasteiger partial charge in [0, 0.05) is 29.6 Å². The maximum atomic E-state index is 12.1. The van der Waals surface area contributed by atoms with E-state index in [4.69, 9.17) is 14.8 Å². The van der Waals surface area contributed by atoms with E-state index < -0.39 is 0 Å². The molecule has 0 unspecified atom stereocenters. The molecule has 4 rings (SSSR count). The molecule has 0 aliphatic rings. The van der Waals surface area contributed by atoms with E-state index in [-0.39, 0.29) is 5.97 Å². The van der Waals surface area contributed by atoms with Gasteiger partial charge in [-0.2, -0.15) is 10.2 Å². The number of esters is 1. The highest BCUT2D eigenvalue weighted by Crippen LogP contribution is 2.22. The van der Waals surface area contributed by atoms with Crippen LogP contribution in [0.3, 0.4) is 0 Å². The molecule has 0 atom stereocenters. The van der Waals surface area contributed by atoms with Gasteiger partial charge in [-0.3, -0.25) is 0 Å². The van der Waals surface area contributed by atoms with E-state index in [9.17, 15) is 4.79 Å². The van der Waals surface area contributed by atoms with Crippen molar-refractivity contribution in [2.75, 3.05) is 6.61 Å². The van der Waals surface area contributed by atoms with Crippen LogP contribution in [0.15, 0.2) is 36.5 Å². The summed E-state index contributed by atoms with van der Waals surface area (Å²) in [6.45, 7) is 10.1. The largest absolute Gasteiger partial charge is 0.462 e. The number of hydrogen-bond donors (Lipinski definition) is 0. The van der Waals surface area contributed by atoms with Gasteiger partial charge in [-0.15, -0.1) is 0 Å². The lowest BCUT2D eigenvalue weighted by Crippen LogP contribution is -2.04. The van der Waals surface area contributed by atoms with E-state index in [2.05, 4.69) is 37.1 Å². The van der Waals surface area contributed by atoms with Gasteiger partial charge in [0.1, 0.15) is 5.56 Å². The van der Waals surface area contributed by atoms with Gasteiger partial charge in [0.25, 0.3) is 0 Å². The molecule has 0 amide bonds. The lowest BCUT2D eigenvalue weighted by atomic mass is 10.0. The number of benzene rings is 1. The number of hydrogen-bond acceptors (Lipinski definition) is 5. The summed E-state index contributed by atoms with van der Waals surface area (Å²) in [5.41, 5.74) is 8.46. The van der Waals surface area contributed by atoms with Crippen molar-refractivity contribution in [2.24, 2.45) is 0 Å². The fourth-order valence-electron chi connectivity index (χ4n) is 3.85. The molecule has 0 fully saturated rings. The summed E-state index contributed by atoms with van der Waals surface area (Å²) in [6, 6.07) is 10.2. The molecule has 4 aromatic rings. The van der Waals surface area contributed by atoms with Gasteiger partial charge in [-0.25, -0.2) is 19.0 Å². The second-order valence-corrected chi connectivity index (χ2v) is 7.69. The molecule has 0 radical (unpaired) electrons. The van der Waals surface area contributed by atoms with Crippen LogP contribution in [-0.2, 0) is 17.6 Å². The van der Waals surface area contributed by atoms with Crippen LogP contribution in [0.1, 0.15) is 58.1 Å². The Balaban J connectivity index is 1.63. The molecule has 160 valence electrons. The Morgan fingerprint density at radius 3 is 2.48 bits per heavy atom. The molecule has 1 aromatic carbocycles. The normalized spacial score (nSPS) is 11.3. The minimum atomic E-state index is -0.346. The molecule has 7 heteroatoms. The van der Waals surface area contributed by atoms with E-state index >= 15 is 0 Å². The summed E-state index contributed by atoms with van der Waals surface area (Å²) in [6.07, 6.45) is 3.34. The summed E-state index contributed by atoms with van der Waals surface area (Å²) in [4.78, 5) is 16.8. The number of nitrogens with zero attached hydrogens (tertiary/aromatic N) is 5. The SMILES string of the molecule is CCOC(=O)c1cn(-c2ccc(Cc3c(CC)nn4c(C)cc(C)nc34)cc2)nc1C. The summed E-state index contributed by atoms with van der Waals surface area (Å²) in [5, 5.41) is 9.24. The molecule has 0 aliphatic heterocycles. The van der Waals surface area contributed by atoms with Gasteiger partial charge in [0.05, 0.1) is 23.7 Å². The van der Waals surface area contributed by atoms with Crippen LogP contribution >= 0.6 is 0 Å². The minimum Gasteiger partial charge on any atom is -0.462 e. The molecule has 3 aromatic heterocycles. The molecule has 0 bridgehead atoms. The second-order valence-electron chi connectivity index (χ2n) is 7.69. The van der Waals surface area contributed by atoms with Crippen LogP contribution in [0.4, 0.5) is 0 Å². The number of aryl methyl sites for hydroxylation is 4. The number of carbonyl (C=O) groups is 1. The molecule has 31 heavy (non-hydrogen) atoms. The topological polar surface area (TPSA) is 74.3 Å².